The molecular weight excluding hydrogens is 194 g/mol. The molecule has 7 heteroatoms. The lowest BCUT2D eigenvalue weighted by atomic mass is 10.5. The van der Waals surface area contributed by atoms with E-state index in [0.717, 1.165) is 8.61 Å². The van der Waals surface area contributed by atoms with Gasteiger partial charge in [-0.1, -0.05) is 0 Å². The molecule has 0 spiro atoms. The molecular formula is C6H13N3O3S. The monoisotopic (exact) mass is 207 g/mol. The van der Waals surface area contributed by atoms with Crippen molar-refractivity contribution in [3.05, 3.63) is 0 Å². The van der Waals surface area contributed by atoms with Crippen molar-refractivity contribution in [1.29, 1.82) is 0 Å². The first-order chi connectivity index (χ1) is 5.87. The van der Waals surface area contributed by atoms with Crippen molar-refractivity contribution < 1.29 is 13.2 Å². The van der Waals surface area contributed by atoms with E-state index < -0.39 is 16.2 Å². The van der Waals surface area contributed by atoms with E-state index >= 15 is 0 Å². The van der Waals surface area contributed by atoms with E-state index in [0.29, 0.717) is 13.1 Å². The van der Waals surface area contributed by atoms with E-state index in [1.807, 2.05) is 0 Å². The summed E-state index contributed by atoms with van der Waals surface area (Å²) >= 11 is 0. The van der Waals surface area contributed by atoms with E-state index in [9.17, 15) is 13.2 Å². The standard InChI is InChI=1S/C6H13N3O3S/c1-7-4-5-8(2)13(11,12)9(3)6(7)10/h4-5H2,1-3H3. The molecule has 0 aliphatic carbocycles. The minimum atomic E-state index is -3.58. The molecule has 0 N–H and O–H groups in total. The lowest BCUT2D eigenvalue weighted by Gasteiger charge is -2.20. The van der Waals surface area contributed by atoms with Gasteiger partial charge in [0.15, 0.2) is 0 Å². The zero-order chi connectivity index (χ0) is 10.2. The van der Waals surface area contributed by atoms with Gasteiger partial charge in [-0.3, -0.25) is 0 Å². The summed E-state index contributed by atoms with van der Waals surface area (Å²) in [6, 6.07) is -0.496. The molecule has 2 amide bonds. The van der Waals surface area contributed by atoms with Crippen LogP contribution in [-0.2, 0) is 10.2 Å². The number of carbonyl (C=O) groups is 1. The fourth-order valence-corrected chi connectivity index (χ4v) is 2.12. The molecule has 1 aliphatic heterocycles. The molecule has 1 saturated heterocycles. The van der Waals surface area contributed by atoms with E-state index in [2.05, 4.69) is 0 Å². The van der Waals surface area contributed by atoms with Crippen molar-refractivity contribution in [2.75, 3.05) is 34.2 Å². The number of hydrogen-bond acceptors (Lipinski definition) is 3. The van der Waals surface area contributed by atoms with Gasteiger partial charge in [0.05, 0.1) is 0 Å². The summed E-state index contributed by atoms with van der Waals surface area (Å²) in [6.45, 7) is 0.744. The number of hydrogen-bond donors (Lipinski definition) is 0. The summed E-state index contributed by atoms with van der Waals surface area (Å²) in [5.74, 6) is 0. The van der Waals surface area contributed by atoms with Crippen molar-refractivity contribution in [2.24, 2.45) is 0 Å². The predicted molar refractivity (Wildman–Crippen MR) is 47.3 cm³/mol. The third-order valence-electron chi connectivity index (χ3n) is 2.09. The average molecular weight is 207 g/mol. The first-order valence-corrected chi connectivity index (χ1v) is 5.22. The molecule has 0 saturated carbocycles. The van der Waals surface area contributed by atoms with Crippen LogP contribution in [0.15, 0.2) is 0 Å². The number of rotatable bonds is 0. The molecule has 76 valence electrons. The van der Waals surface area contributed by atoms with Gasteiger partial charge < -0.3 is 4.90 Å². The zero-order valence-corrected chi connectivity index (χ0v) is 8.71. The van der Waals surface area contributed by atoms with Crippen LogP contribution in [0.1, 0.15) is 0 Å². The fraction of sp³-hybridized carbons (Fsp3) is 0.833. The van der Waals surface area contributed by atoms with E-state index in [4.69, 9.17) is 0 Å². The number of likely N-dealkylation sites (N-methyl/N-ethyl adjacent to an activating group) is 2. The van der Waals surface area contributed by atoms with Gasteiger partial charge in [-0.05, 0) is 0 Å². The van der Waals surface area contributed by atoms with Crippen LogP contribution in [0.2, 0.25) is 0 Å². The Kier molecular flexibility index (Phi) is 2.49. The molecule has 13 heavy (non-hydrogen) atoms. The average Bonchev–Trinajstić information content (AvgIpc) is 2.13. The van der Waals surface area contributed by atoms with Crippen molar-refractivity contribution in [3.8, 4) is 0 Å². The number of urea groups is 1. The first-order valence-electron chi connectivity index (χ1n) is 3.82. The van der Waals surface area contributed by atoms with Crippen molar-refractivity contribution in [1.82, 2.24) is 13.5 Å². The normalized spacial score (nSPS) is 24.7. The van der Waals surface area contributed by atoms with Crippen molar-refractivity contribution in [3.63, 3.8) is 0 Å². The maximum atomic E-state index is 11.5. The molecule has 0 atom stereocenters. The summed E-state index contributed by atoms with van der Waals surface area (Å²) in [5.41, 5.74) is 0. The van der Waals surface area contributed by atoms with E-state index in [1.54, 1.807) is 7.05 Å². The molecule has 0 unspecified atom stereocenters. The number of amides is 2. The van der Waals surface area contributed by atoms with Crippen LogP contribution in [-0.4, -0.2) is 62.2 Å². The molecule has 0 radical (unpaired) electrons. The van der Waals surface area contributed by atoms with Gasteiger partial charge in [0.25, 0.3) is 0 Å². The maximum absolute atomic E-state index is 11.5. The molecule has 0 aromatic rings. The summed E-state index contributed by atoms with van der Waals surface area (Å²) in [4.78, 5) is 12.7. The minimum absolute atomic E-state index is 0.328. The summed E-state index contributed by atoms with van der Waals surface area (Å²) in [6.07, 6.45) is 0. The summed E-state index contributed by atoms with van der Waals surface area (Å²) in [5, 5.41) is 0. The molecule has 1 aliphatic rings. The topological polar surface area (TPSA) is 60.9 Å². The summed E-state index contributed by atoms with van der Waals surface area (Å²) < 4.78 is 24.9. The molecule has 0 bridgehead atoms. The van der Waals surface area contributed by atoms with Gasteiger partial charge in [0.2, 0.25) is 0 Å². The third kappa shape index (κ3) is 1.61. The Morgan fingerprint density at radius 3 is 2.23 bits per heavy atom. The van der Waals surface area contributed by atoms with Gasteiger partial charge in [-0.15, -0.1) is 0 Å². The molecule has 1 heterocycles. The number of carbonyl (C=O) groups excluding carboxylic acids is 1. The Bertz CT molecular complexity index is 313. The maximum Gasteiger partial charge on any atom is 0.334 e. The highest BCUT2D eigenvalue weighted by Gasteiger charge is 2.33. The highest BCUT2D eigenvalue weighted by molar-refractivity contribution is 7.87. The Morgan fingerprint density at radius 1 is 1.15 bits per heavy atom. The Morgan fingerprint density at radius 2 is 1.69 bits per heavy atom. The SMILES string of the molecule is CN1CCN(C)S(=O)(=O)N(C)C1=O. The molecule has 0 aromatic heterocycles. The van der Waals surface area contributed by atoms with E-state index in [-0.39, 0.29) is 0 Å². The van der Waals surface area contributed by atoms with Gasteiger partial charge in [0, 0.05) is 34.2 Å². The molecule has 1 fully saturated rings. The Balaban J connectivity index is 3.07. The largest absolute Gasteiger partial charge is 0.334 e. The van der Waals surface area contributed by atoms with Gasteiger partial charge >= 0.3 is 16.2 Å². The number of nitrogens with zero attached hydrogens (tertiary/aromatic N) is 3. The second-order valence-electron chi connectivity index (χ2n) is 3.00. The van der Waals surface area contributed by atoms with Crippen LogP contribution in [0, 0.1) is 0 Å². The van der Waals surface area contributed by atoms with E-state index in [1.165, 1.54) is 19.0 Å². The smallest absolute Gasteiger partial charge is 0.326 e. The fourth-order valence-electron chi connectivity index (χ4n) is 1.05. The lowest BCUT2D eigenvalue weighted by Crippen LogP contribution is -2.42. The second-order valence-corrected chi connectivity index (χ2v) is 5.07. The highest BCUT2D eigenvalue weighted by Crippen LogP contribution is 2.10. The predicted octanol–water partition coefficient (Wildman–Crippen LogP) is -0.840. The second kappa shape index (κ2) is 3.15. The Labute approximate surface area is 77.9 Å². The molecule has 1 rings (SSSR count). The molecule has 6 nitrogen and oxygen atoms in total. The van der Waals surface area contributed by atoms with Crippen molar-refractivity contribution in [2.45, 2.75) is 0 Å². The van der Waals surface area contributed by atoms with Crippen LogP contribution in [0.25, 0.3) is 0 Å². The van der Waals surface area contributed by atoms with Crippen LogP contribution in [0.4, 0.5) is 4.79 Å². The first kappa shape index (κ1) is 10.3. The minimum Gasteiger partial charge on any atom is -0.326 e. The highest BCUT2D eigenvalue weighted by atomic mass is 32.2. The van der Waals surface area contributed by atoms with Crippen molar-refractivity contribution >= 4 is 16.2 Å². The third-order valence-corrected chi connectivity index (χ3v) is 3.90. The quantitative estimate of drug-likeness (QED) is 0.520. The van der Waals surface area contributed by atoms with Gasteiger partial charge in [-0.2, -0.15) is 12.7 Å². The van der Waals surface area contributed by atoms with Crippen LogP contribution >= 0.6 is 0 Å². The molecule has 0 aromatic carbocycles. The van der Waals surface area contributed by atoms with Gasteiger partial charge in [0.1, 0.15) is 0 Å². The van der Waals surface area contributed by atoms with Crippen LogP contribution in [0.5, 0.6) is 0 Å². The zero-order valence-electron chi connectivity index (χ0n) is 7.89. The van der Waals surface area contributed by atoms with Crippen LogP contribution < -0.4 is 0 Å². The van der Waals surface area contributed by atoms with Crippen LogP contribution in [0.3, 0.4) is 0 Å². The lowest BCUT2D eigenvalue weighted by molar-refractivity contribution is 0.197. The van der Waals surface area contributed by atoms with Gasteiger partial charge in [-0.25, -0.2) is 9.10 Å². The Hall–Kier alpha value is -0.820. The summed E-state index contributed by atoms with van der Waals surface area (Å²) in [7, 11) is 0.710.